The highest BCUT2D eigenvalue weighted by Crippen LogP contribution is 2.48. The fraction of sp³-hybridized carbons (Fsp3) is 0.0909. The van der Waals surface area contributed by atoms with Gasteiger partial charge in [0.05, 0.1) is 28.4 Å². The maximum Gasteiger partial charge on any atom is 0.118 e. The monoisotopic (exact) mass is 626 g/mol. The summed E-state index contributed by atoms with van der Waals surface area (Å²) in [5.74, 6) is 3.33. The lowest BCUT2D eigenvalue weighted by atomic mass is 9.82. The molecule has 0 saturated heterocycles. The number of benzene rings is 8. The molecule has 0 heterocycles. The number of hydrogen-bond acceptors (Lipinski definition) is 4. The second-order valence-corrected chi connectivity index (χ2v) is 11.9. The predicted octanol–water partition coefficient (Wildman–Crippen LogP) is 11.3. The van der Waals surface area contributed by atoms with Gasteiger partial charge in [0.25, 0.3) is 0 Å². The second kappa shape index (κ2) is 12.0. The molecule has 0 aliphatic carbocycles. The van der Waals surface area contributed by atoms with E-state index in [2.05, 4.69) is 84.9 Å². The lowest BCUT2D eigenvalue weighted by Gasteiger charge is -2.21. The smallest absolute Gasteiger partial charge is 0.118 e. The molecule has 8 aromatic carbocycles. The van der Waals surface area contributed by atoms with Crippen LogP contribution in [-0.2, 0) is 0 Å². The van der Waals surface area contributed by atoms with Gasteiger partial charge in [-0.15, -0.1) is 0 Å². The minimum absolute atomic E-state index is 0.833. The highest BCUT2D eigenvalue weighted by atomic mass is 16.5. The minimum Gasteiger partial charge on any atom is -0.497 e. The molecule has 8 rings (SSSR count). The lowest BCUT2D eigenvalue weighted by molar-refractivity contribution is 0.415. The molecule has 0 unspecified atom stereocenters. The van der Waals surface area contributed by atoms with Crippen molar-refractivity contribution in [2.24, 2.45) is 0 Å². The molecule has 0 N–H and O–H groups in total. The molecule has 0 fully saturated rings. The van der Waals surface area contributed by atoms with E-state index in [1.54, 1.807) is 28.4 Å². The Hall–Kier alpha value is -6.00. The predicted molar refractivity (Wildman–Crippen MR) is 198 cm³/mol. The molecule has 0 radical (unpaired) electrons. The number of methoxy groups -OCH3 is 4. The molecule has 4 nitrogen and oxygen atoms in total. The summed E-state index contributed by atoms with van der Waals surface area (Å²) in [4.78, 5) is 0. The molecule has 234 valence electrons. The standard InChI is InChI=1S/C44H34O4/c1-45-31-13-5-27(6-14-31)39-25-40(28-7-15-32(46-2)16-8-28)36-23-24-38-42(30-11-19-34(48-4)20-12-30)26-41(29-9-17-33(47-3)18-10-29)37-22-21-35(39)43(36)44(37)38/h5-26H,1-4H3. The maximum atomic E-state index is 5.51. The Morgan fingerprint density at radius 3 is 0.667 bits per heavy atom. The summed E-state index contributed by atoms with van der Waals surface area (Å²) < 4.78 is 22.0. The van der Waals surface area contributed by atoms with Crippen molar-refractivity contribution < 1.29 is 18.9 Å². The van der Waals surface area contributed by atoms with Gasteiger partial charge in [0.15, 0.2) is 0 Å². The van der Waals surface area contributed by atoms with Crippen LogP contribution in [0.1, 0.15) is 0 Å². The SMILES string of the molecule is COc1ccc(-c2cc(-c3ccc(OC)cc3)c3ccc4c(-c5ccc(OC)cc5)cc(-c5ccc(OC)cc5)c5ccc2c3c54)cc1. The first kappa shape index (κ1) is 29.4. The molecule has 8 aromatic rings. The van der Waals surface area contributed by atoms with E-state index in [0.29, 0.717) is 0 Å². The molecule has 4 heteroatoms. The Balaban J connectivity index is 1.51. The van der Waals surface area contributed by atoms with E-state index in [9.17, 15) is 0 Å². The van der Waals surface area contributed by atoms with Crippen LogP contribution in [0.2, 0.25) is 0 Å². The summed E-state index contributed by atoms with van der Waals surface area (Å²) in [5, 5.41) is 7.32. The van der Waals surface area contributed by atoms with Crippen LogP contribution in [-0.4, -0.2) is 28.4 Å². The first-order chi connectivity index (χ1) is 23.6. The van der Waals surface area contributed by atoms with Crippen LogP contribution in [0.25, 0.3) is 76.8 Å². The maximum absolute atomic E-state index is 5.51. The number of ether oxygens (including phenoxy) is 4. The van der Waals surface area contributed by atoms with Crippen molar-refractivity contribution in [2.75, 3.05) is 28.4 Å². The van der Waals surface area contributed by atoms with Crippen molar-refractivity contribution in [1.29, 1.82) is 0 Å². The van der Waals surface area contributed by atoms with Gasteiger partial charge in [-0.1, -0.05) is 72.8 Å². The van der Waals surface area contributed by atoms with E-state index in [-0.39, 0.29) is 0 Å². The van der Waals surface area contributed by atoms with Gasteiger partial charge in [-0.2, -0.15) is 0 Å². The van der Waals surface area contributed by atoms with Crippen molar-refractivity contribution in [1.82, 2.24) is 0 Å². The topological polar surface area (TPSA) is 36.9 Å². The van der Waals surface area contributed by atoms with Crippen LogP contribution < -0.4 is 18.9 Å². The molecule has 0 aromatic heterocycles. The first-order valence-corrected chi connectivity index (χ1v) is 16.0. The number of hydrogen-bond donors (Lipinski definition) is 0. The fourth-order valence-corrected chi connectivity index (χ4v) is 7.03. The normalized spacial score (nSPS) is 11.3. The Bertz CT molecular complexity index is 2050. The van der Waals surface area contributed by atoms with Gasteiger partial charge >= 0.3 is 0 Å². The van der Waals surface area contributed by atoms with Gasteiger partial charge in [-0.05, 0) is 137 Å². The Morgan fingerprint density at radius 1 is 0.271 bits per heavy atom. The highest BCUT2D eigenvalue weighted by molar-refractivity contribution is 6.31. The molecule has 0 atom stereocenters. The lowest BCUT2D eigenvalue weighted by Crippen LogP contribution is -1.94. The van der Waals surface area contributed by atoms with Crippen molar-refractivity contribution in [3.63, 3.8) is 0 Å². The largest absolute Gasteiger partial charge is 0.497 e. The van der Waals surface area contributed by atoms with Crippen molar-refractivity contribution >= 4 is 32.3 Å². The summed E-state index contributed by atoms with van der Waals surface area (Å²) in [6.07, 6.45) is 0. The molecular weight excluding hydrogens is 592 g/mol. The third-order valence-corrected chi connectivity index (χ3v) is 9.50. The third-order valence-electron chi connectivity index (χ3n) is 9.50. The molecule has 0 bridgehead atoms. The average Bonchev–Trinajstić information content (AvgIpc) is 3.16. The van der Waals surface area contributed by atoms with Crippen molar-refractivity contribution in [3.05, 3.63) is 133 Å². The highest BCUT2D eigenvalue weighted by Gasteiger charge is 2.21. The summed E-state index contributed by atoms with van der Waals surface area (Å²) in [5.41, 5.74) is 9.22. The summed E-state index contributed by atoms with van der Waals surface area (Å²) in [7, 11) is 6.81. The molecule has 0 spiro atoms. The van der Waals surface area contributed by atoms with E-state index in [1.807, 2.05) is 48.5 Å². The number of rotatable bonds is 8. The van der Waals surface area contributed by atoms with Crippen molar-refractivity contribution in [3.8, 4) is 67.5 Å². The molecule has 0 amide bonds. The van der Waals surface area contributed by atoms with E-state index >= 15 is 0 Å². The molecule has 0 saturated carbocycles. The van der Waals surface area contributed by atoms with Gasteiger partial charge < -0.3 is 18.9 Å². The van der Waals surface area contributed by atoms with E-state index in [0.717, 1.165) is 45.3 Å². The molecule has 48 heavy (non-hydrogen) atoms. The zero-order valence-electron chi connectivity index (χ0n) is 27.3. The van der Waals surface area contributed by atoms with Crippen LogP contribution in [0, 0.1) is 0 Å². The summed E-state index contributed by atoms with van der Waals surface area (Å²) in [6, 6.07) is 47.3. The van der Waals surface area contributed by atoms with Crippen LogP contribution >= 0.6 is 0 Å². The van der Waals surface area contributed by atoms with Gasteiger partial charge in [0.1, 0.15) is 23.0 Å². The second-order valence-electron chi connectivity index (χ2n) is 11.9. The third kappa shape index (κ3) is 4.85. The van der Waals surface area contributed by atoms with Gasteiger partial charge in [-0.25, -0.2) is 0 Å². The average molecular weight is 627 g/mol. The Labute approximate surface area is 280 Å². The van der Waals surface area contributed by atoms with E-state index in [1.165, 1.54) is 54.6 Å². The summed E-state index contributed by atoms with van der Waals surface area (Å²) in [6.45, 7) is 0. The van der Waals surface area contributed by atoms with Crippen LogP contribution in [0.15, 0.2) is 133 Å². The minimum atomic E-state index is 0.833. The molecular formula is C44H34O4. The molecule has 0 aliphatic rings. The van der Waals surface area contributed by atoms with Gasteiger partial charge in [0.2, 0.25) is 0 Å². The Morgan fingerprint density at radius 2 is 0.479 bits per heavy atom. The van der Waals surface area contributed by atoms with Crippen LogP contribution in [0.3, 0.4) is 0 Å². The van der Waals surface area contributed by atoms with E-state index < -0.39 is 0 Å². The zero-order valence-corrected chi connectivity index (χ0v) is 27.3. The first-order valence-electron chi connectivity index (χ1n) is 16.0. The Kier molecular flexibility index (Phi) is 7.34. The fourth-order valence-electron chi connectivity index (χ4n) is 7.03. The van der Waals surface area contributed by atoms with Crippen molar-refractivity contribution in [2.45, 2.75) is 0 Å². The van der Waals surface area contributed by atoms with Gasteiger partial charge in [0, 0.05) is 0 Å². The van der Waals surface area contributed by atoms with Gasteiger partial charge in [-0.3, -0.25) is 0 Å². The molecule has 0 aliphatic heterocycles. The summed E-state index contributed by atoms with van der Waals surface area (Å²) >= 11 is 0. The quantitative estimate of drug-likeness (QED) is 0.157. The van der Waals surface area contributed by atoms with Crippen LogP contribution in [0.5, 0.6) is 23.0 Å². The van der Waals surface area contributed by atoms with Crippen LogP contribution in [0.4, 0.5) is 0 Å². The van der Waals surface area contributed by atoms with E-state index in [4.69, 9.17) is 18.9 Å². The zero-order chi connectivity index (χ0) is 32.8.